The topological polar surface area (TPSA) is 73.1 Å². The number of rotatable bonds is 6. The molecule has 17 heavy (non-hydrogen) atoms. The van der Waals surface area contributed by atoms with Crippen LogP contribution < -0.4 is 11.1 Å². The Balaban J connectivity index is 2.79. The summed E-state index contributed by atoms with van der Waals surface area (Å²) >= 11 is 0. The summed E-state index contributed by atoms with van der Waals surface area (Å²) in [5.41, 5.74) is 6.84. The molecular weight excluding hydrogens is 216 g/mol. The molecule has 1 atom stereocenters. The molecule has 0 aliphatic heterocycles. The number of nitrogens with two attached hydrogens (primary N) is 1. The number of hydrogen-bond acceptors (Lipinski definition) is 5. The molecule has 0 aliphatic rings. The Bertz CT molecular complexity index is 354. The molecule has 0 spiro atoms. The van der Waals surface area contributed by atoms with Gasteiger partial charge in [0.15, 0.2) is 0 Å². The van der Waals surface area contributed by atoms with Gasteiger partial charge in [-0.2, -0.15) is 0 Å². The Morgan fingerprint density at radius 3 is 2.65 bits per heavy atom. The highest BCUT2D eigenvalue weighted by molar-refractivity contribution is 5.56. The van der Waals surface area contributed by atoms with Gasteiger partial charge in [-0.15, -0.1) is 0 Å². The molecule has 0 bridgehead atoms. The molecule has 0 radical (unpaired) electrons. The maximum absolute atomic E-state index is 5.88. The van der Waals surface area contributed by atoms with Crippen LogP contribution in [0.4, 0.5) is 11.6 Å². The van der Waals surface area contributed by atoms with E-state index < -0.39 is 0 Å². The molecular formula is C12H22N4O. The SMILES string of the molecule is CCOCC(C)Nc1ncnc(N)c1C(C)C. The van der Waals surface area contributed by atoms with Crippen molar-refractivity contribution in [2.45, 2.75) is 39.7 Å². The summed E-state index contributed by atoms with van der Waals surface area (Å²) < 4.78 is 5.36. The first-order chi connectivity index (χ1) is 8.06. The van der Waals surface area contributed by atoms with Gasteiger partial charge in [0.2, 0.25) is 0 Å². The molecule has 1 heterocycles. The number of nitrogens with zero attached hydrogens (tertiary/aromatic N) is 2. The zero-order valence-corrected chi connectivity index (χ0v) is 11.0. The van der Waals surface area contributed by atoms with Gasteiger partial charge < -0.3 is 15.8 Å². The summed E-state index contributed by atoms with van der Waals surface area (Å²) in [6.45, 7) is 9.56. The Kier molecular flexibility index (Phi) is 5.15. The summed E-state index contributed by atoms with van der Waals surface area (Å²) in [6.07, 6.45) is 1.48. The van der Waals surface area contributed by atoms with Crippen molar-refractivity contribution < 1.29 is 4.74 Å². The van der Waals surface area contributed by atoms with E-state index in [4.69, 9.17) is 10.5 Å². The second-order valence-corrected chi connectivity index (χ2v) is 4.38. The average Bonchev–Trinajstić information content (AvgIpc) is 2.25. The molecule has 0 saturated carbocycles. The van der Waals surface area contributed by atoms with Gasteiger partial charge in [0, 0.05) is 18.2 Å². The molecule has 1 unspecified atom stereocenters. The van der Waals surface area contributed by atoms with Gasteiger partial charge in [-0.3, -0.25) is 0 Å². The third-order valence-electron chi connectivity index (χ3n) is 2.45. The van der Waals surface area contributed by atoms with Crippen LogP contribution in [0, 0.1) is 0 Å². The van der Waals surface area contributed by atoms with E-state index in [1.54, 1.807) is 0 Å². The molecule has 0 amide bonds. The highest BCUT2D eigenvalue weighted by atomic mass is 16.5. The van der Waals surface area contributed by atoms with Gasteiger partial charge in [0.1, 0.15) is 18.0 Å². The van der Waals surface area contributed by atoms with Gasteiger partial charge >= 0.3 is 0 Å². The van der Waals surface area contributed by atoms with E-state index in [2.05, 4.69) is 36.1 Å². The largest absolute Gasteiger partial charge is 0.383 e. The highest BCUT2D eigenvalue weighted by Crippen LogP contribution is 2.26. The monoisotopic (exact) mass is 238 g/mol. The number of ether oxygens (including phenoxy) is 1. The third-order valence-corrected chi connectivity index (χ3v) is 2.45. The number of anilines is 2. The zero-order chi connectivity index (χ0) is 12.8. The Morgan fingerprint density at radius 1 is 1.35 bits per heavy atom. The number of hydrogen-bond donors (Lipinski definition) is 2. The summed E-state index contributed by atoms with van der Waals surface area (Å²) in [5.74, 6) is 1.64. The Hall–Kier alpha value is -1.36. The maximum Gasteiger partial charge on any atom is 0.135 e. The molecule has 0 fully saturated rings. The van der Waals surface area contributed by atoms with E-state index in [9.17, 15) is 0 Å². The molecule has 0 saturated heterocycles. The summed E-state index contributed by atoms with van der Waals surface area (Å²) in [5, 5.41) is 3.31. The Labute approximate surface area is 103 Å². The first-order valence-corrected chi connectivity index (χ1v) is 6.00. The fourth-order valence-corrected chi connectivity index (χ4v) is 1.66. The fraction of sp³-hybridized carbons (Fsp3) is 0.667. The van der Waals surface area contributed by atoms with Gasteiger partial charge in [-0.1, -0.05) is 13.8 Å². The van der Waals surface area contributed by atoms with Crippen molar-refractivity contribution in [2.75, 3.05) is 24.3 Å². The second-order valence-electron chi connectivity index (χ2n) is 4.38. The molecule has 1 aromatic rings. The zero-order valence-electron chi connectivity index (χ0n) is 11.0. The van der Waals surface area contributed by atoms with Crippen molar-refractivity contribution in [1.82, 2.24) is 9.97 Å². The van der Waals surface area contributed by atoms with Gasteiger partial charge in [-0.25, -0.2) is 9.97 Å². The lowest BCUT2D eigenvalue weighted by molar-refractivity contribution is 0.141. The van der Waals surface area contributed by atoms with E-state index >= 15 is 0 Å². The lowest BCUT2D eigenvalue weighted by atomic mass is 10.0. The van der Waals surface area contributed by atoms with Crippen LogP contribution in [0.2, 0.25) is 0 Å². The van der Waals surface area contributed by atoms with Crippen molar-refractivity contribution in [3.63, 3.8) is 0 Å². The number of nitrogen functional groups attached to an aromatic ring is 1. The van der Waals surface area contributed by atoms with Crippen molar-refractivity contribution in [3.05, 3.63) is 11.9 Å². The minimum absolute atomic E-state index is 0.196. The first-order valence-electron chi connectivity index (χ1n) is 6.00. The molecule has 1 aromatic heterocycles. The van der Waals surface area contributed by atoms with E-state index in [1.807, 2.05) is 6.92 Å². The predicted molar refractivity (Wildman–Crippen MR) is 70.1 cm³/mol. The van der Waals surface area contributed by atoms with Crippen molar-refractivity contribution in [1.29, 1.82) is 0 Å². The summed E-state index contributed by atoms with van der Waals surface area (Å²) in [4.78, 5) is 8.28. The minimum Gasteiger partial charge on any atom is -0.383 e. The Morgan fingerprint density at radius 2 is 2.06 bits per heavy atom. The molecule has 0 aromatic carbocycles. The third kappa shape index (κ3) is 3.85. The normalized spacial score (nSPS) is 12.8. The van der Waals surface area contributed by atoms with E-state index in [0.717, 1.165) is 18.0 Å². The second kappa shape index (κ2) is 6.39. The van der Waals surface area contributed by atoms with E-state index in [0.29, 0.717) is 12.4 Å². The van der Waals surface area contributed by atoms with Gasteiger partial charge in [0.25, 0.3) is 0 Å². The maximum atomic E-state index is 5.88. The minimum atomic E-state index is 0.196. The van der Waals surface area contributed by atoms with Gasteiger partial charge in [-0.05, 0) is 19.8 Å². The molecule has 5 nitrogen and oxygen atoms in total. The van der Waals surface area contributed by atoms with Crippen LogP contribution in [0.1, 0.15) is 39.2 Å². The fourth-order valence-electron chi connectivity index (χ4n) is 1.66. The molecule has 1 rings (SSSR count). The molecule has 96 valence electrons. The van der Waals surface area contributed by atoms with Crippen LogP contribution in [0.15, 0.2) is 6.33 Å². The standard InChI is InChI=1S/C12H22N4O/c1-5-17-6-9(4)16-12-10(8(2)3)11(13)14-7-15-12/h7-9H,5-6H2,1-4H3,(H3,13,14,15,16). The summed E-state index contributed by atoms with van der Waals surface area (Å²) in [7, 11) is 0. The van der Waals surface area contributed by atoms with Crippen LogP contribution in [0.5, 0.6) is 0 Å². The summed E-state index contributed by atoms with van der Waals surface area (Å²) in [6, 6.07) is 0.196. The van der Waals surface area contributed by atoms with E-state index in [-0.39, 0.29) is 12.0 Å². The average molecular weight is 238 g/mol. The highest BCUT2D eigenvalue weighted by Gasteiger charge is 2.14. The first kappa shape index (κ1) is 13.7. The van der Waals surface area contributed by atoms with Crippen LogP contribution in [0.3, 0.4) is 0 Å². The quantitative estimate of drug-likeness (QED) is 0.793. The van der Waals surface area contributed by atoms with Crippen LogP contribution in [-0.4, -0.2) is 29.2 Å². The number of aromatic nitrogens is 2. The van der Waals surface area contributed by atoms with Crippen molar-refractivity contribution in [3.8, 4) is 0 Å². The smallest absolute Gasteiger partial charge is 0.135 e. The number of nitrogens with one attached hydrogen (secondary N) is 1. The molecule has 0 aliphatic carbocycles. The van der Waals surface area contributed by atoms with Crippen LogP contribution in [0.25, 0.3) is 0 Å². The van der Waals surface area contributed by atoms with E-state index in [1.165, 1.54) is 6.33 Å². The van der Waals surface area contributed by atoms with Gasteiger partial charge in [0.05, 0.1) is 6.61 Å². The predicted octanol–water partition coefficient (Wildman–Crippen LogP) is 2.02. The van der Waals surface area contributed by atoms with Crippen molar-refractivity contribution >= 4 is 11.6 Å². The van der Waals surface area contributed by atoms with Crippen LogP contribution in [-0.2, 0) is 4.74 Å². The molecule has 3 N–H and O–H groups in total. The van der Waals surface area contributed by atoms with Crippen molar-refractivity contribution in [2.24, 2.45) is 0 Å². The lowest BCUT2D eigenvalue weighted by Gasteiger charge is -2.19. The lowest BCUT2D eigenvalue weighted by Crippen LogP contribution is -2.23. The molecule has 5 heteroatoms. The van der Waals surface area contributed by atoms with Crippen LogP contribution >= 0.6 is 0 Å².